The van der Waals surface area contributed by atoms with E-state index < -0.39 is 0 Å². The molecule has 0 spiro atoms. The SMILES string of the molecule is [2H][B]CC=O. The molecule has 4 heavy (non-hydrogen) atoms. The molecule has 2 heteroatoms. The summed E-state index contributed by atoms with van der Waals surface area (Å²) in [6.07, 6.45) is 0.938. The minimum Gasteiger partial charge on any atom is -0.304 e. The van der Waals surface area contributed by atoms with Gasteiger partial charge < -0.3 is 4.79 Å². The Morgan fingerprint density at radius 2 is 3.25 bits per heavy atom. The van der Waals surface area contributed by atoms with E-state index in [1.165, 1.54) is 0 Å². The highest BCUT2D eigenvalue weighted by Crippen LogP contribution is 1.46. The first-order valence-corrected chi connectivity index (χ1v) is 1.05. The highest BCUT2D eigenvalue weighted by atomic mass is 16.1. The number of aldehydes is 1. The Morgan fingerprint density at radius 3 is 3.25 bits per heavy atom. The van der Waals surface area contributed by atoms with Crippen molar-refractivity contribution in [3.63, 3.8) is 0 Å². The van der Waals surface area contributed by atoms with Crippen molar-refractivity contribution in [2.24, 2.45) is 0 Å². The van der Waals surface area contributed by atoms with Gasteiger partial charge in [0.1, 0.15) is 6.29 Å². The lowest BCUT2D eigenvalue weighted by Gasteiger charge is -1.50. The van der Waals surface area contributed by atoms with Crippen LogP contribution in [0, 0.1) is 0 Å². The first kappa shape index (κ1) is 2.00. The van der Waals surface area contributed by atoms with Crippen LogP contribution in [0.15, 0.2) is 0 Å². The van der Waals surface area contributed by atoms with Gasteiger partial charge in [0.15, 0.2) is 0 Å². The molecule has 0 bridgehead atoms. The van der Waals surface area contributed by atoms with Crippen molar-refractivity contribution in [3.8, 4) is 0 Å². The van der Waals surface area contributed by atoms with E-state index in [2.05, 4.69) is 0 Å². The lowest BCUT2D eigenvalue weighted by molar-refractivity contribution is -0.106. The van der Waals surface area contributed by atoms with E-state index >= 15 is 0 Å². The van der Waals surface area contributed by atoms with E-state index in [4.69, 9.17) is 1.34 Å². The van der Waals surface area contributed by atoms with Gasteiger partial charge in [-0.2, -0.15) is 0 Å². The molecule has 21 valence electrons. The third-order valence-corrected chi connectivity index (χ3v) is 0.0962. The third kappa shape index (κ3) is 1.73. The third-order valence-electron chi connectivity index (χ3n) is 0.0962. The molecule has 0 aromatic carbocycles. The van der Waals surface area contributed by atoms with Gasteiger partial charge in [-0.1, -0.05) is 0 Å². The fourth-order valence-electron chi connectivity index (χ4n) is 0. The predicted molar refractivity (Wildman–Crippen MR) is 18.0 cm³/mol. The molecule has 0 aliphatic carbocycles. The number of carbonyl (C=O) groups is 1. The van der Waals surface area contributed by atoms with Gasteiger partial charge in [0, 0.05) is 0 Å². The van der Waals surface area contributed by atoms with Crippen LogP contribution in [0.3, 0.4) is 0 Å². The summed E-state index contributed by atoms with van der Waals surface area (Å²) in [6.45, 7) is 0. The van der Waals surface area contributed by atoms with Crippen LogP contribution in [0.2, 0.25) is 6.32 Å². The number of hydrogen-bond acceptors (Lipinski definition) is 1. The molecule has 0 aliphatic heterocycles. The van der Waals surface area contributed by atoms with Crippen LogP contribution in [0.4, 0.5) is 0 Å². The summed E-state index contributed by atoms with van der Waals surface area (Å²) in [7, 11) is 1.06. The van der Waals surface area contributed by atoms with E-state index in [1.54, 1.807) is 0 Å². The molecule has 0 N–H and O–H groups in total. The van der Waals surface area contributed by atoms with E-state index in [9.17, 15) is 4.79 Å². The summed E-state index contributed by atoms with van der Waals surface area (Å²) in [5, 5.41) is 0. The van der Waals surface area contributed by atoms with E-state index in [-0.39, 0.29) is 6.32 Å². The summed E-state index contributed by atoms with van der Waals surface area (Å²) in [6, 6.07) is 0. The average molecular weight is 55.9 g/mol. The zero-order chi connectivity index (χ0) is 4.12. The van der Waals surface area contributed by atoms with Crippen molar-refractivity contribution in [2.75, 3.05) is 0 Å². The van der Waals surface area contributed by atoms with Gasteiger partial charge in [-0.15, -0.1) is 0 Å². The second-order valence-electron chi connectivity index (χ2n) is 0.402. The van der Waals surface area contributed by atoms with E-state index in [0.717, 1.165) is 7.81 Å². The van der Waals surface area contributed by atoms with Gasteiger partial charge in [-0.3, -0.25) is 0 Å². The Morgan fingerprint density at radius 1 is 2.50 bits per heavy atom. The topological polar surface area (TPSA) is 17.1 Å². The van der Waals surface area contributed by atoms with Crippen LogP contribution in [0.1, 0.15) is 0 Å². The molecular weight excluding hydrogens is 50.8 g/mol. The van der Waals surface area contributed by atoms with Gasteiger partial charge in [0.25, 0.3) is 0 Å². The lowest BCUT2D eigenvalue weighted by Crippen LogP contribution is -1.61. The molecule has 1 nitrogen and oxygen atoms in total. The van der Waals surface area contributed by atoms with Gasteiger partial charge in [-0.25, -0.2) is 0 Å². The van der Waals surface area contributed by atoms with Gasteiger partial charge in [-0.05, 0) is 7.66 Å². The van der Waals surface area contributed by atoms with Crippen LogP contribution >= 0.6 is 0 Å². The second kappa shape index (κ2) is 2.73. The number of hydrogen-bond donors (Lipinski definition) is 0. The second-order valence-corrected chi connectivity index (χ2v) is 0.402. The molecule has 0 fully saturated rings. The Kier molecular flexibility index (Phi) is 1.37. The molecule has 0 rings (SSSR count). The van der Waals surface area contributed by atoms with Gasteiger partial charge in [0.05, 0.1) is 7.81 Å². The van der Waals surface area contributed by atoms with E-state index in [1.807, 2.05) is 0 Å². The summed E-state index contributed by atoms with van der Waals surface area (Å²) >= 11 is 0. The fourth-order valence-corrected chi connectivity index (χ4v) is 0. The highest BCUT2D eigenvalue weighted by molar-refractivity contribution is 6.15. The molecule has 0 atom stereocenters. The van der Waals surface area contributed by atoms with Crippen LogP contribution in [-0.4, -0.2) is 15.4 Å². The highest BCUT2D eigenvalue weighted by Gasteiger charge is 1.54. The van der Waals surface area contributed by atoms with E-state index in [0.29, 0.717) is 6.29 Å². The summed E-state index contributed by atoms with van der Waals surface area (Å²) in [5.74, 6) is 0. The molecule has 0 aliphatic rings. The molecular formula is C2H4BO. The Hall–Kier alpha value is -0.265. The minimum absolute atomic E-state index is 0.250. The molecule has 0 amide bonds. The predicted octanol–water partition coefficient (Wildman–Crippen LogP) is -0.496. The van der Waals surface area contributed by atoms with Crippen LogP contribution in [0.5, 0.6) is 0 Å². The summed E-state index contributed by atoms with van der Waals surface area (Å²) < 4.78 is 6.25. The maximum atomic E-state index is 9.25. The molecule has 0 unspecified atom stereocenters. The monoisotopic (exact) mass is 56.0 g/mol. The quantitative estimate of drug-likeness (QED) is 0.308. The zero-order valence-corrected chi connectivity index (χ0v) is 2.27. The standard InChI is InChI=1S/C2H4BO/c3-1-2-4/h2-3H,1H2/i3D. The first-order chi connectivity index (χ1) is 2.41. The number of rotatable bonds is 2. The largest absolute Gasteiger partial charge is 0.304 e. The van der Waals surface area contributed by atoms with Crippen LogP contribution in [0.25, 0.3) is 0 Å². The molecule has 1 radical (unpaired) electrons. The maximum absolute atomic E-state index is 9.25. The summed E-state index contributed by atoms with van der Waals surface area (Å²) in [4.78, 5) is 9.25. The smallest absolute Gasteiger partial charge is 0.111 e. The van der Waals surface area contributed by atoms with Crippen molar-refractivity contribution in [1.29, 1.82) is 1.34 Å². The zero-order valence-electron chi connectivity index (χ0n) is 3.27. The minimum atomic E-state index is 0.250. The van der Waals surface area contributed by atoms with Crippen molar-refractivity contribution in [3.05, 3.63) is 0 Å². The van der Waals surface area contributed by atoms with Crippen LogP contribution in [-0.2, 0) is 4.79 Å². The van der Waals surface area contributed by atoms with Crippen molar-refractivity contribution in [1.82, 2.24) is 0 Å². The molecule has 0 aromatic heterocycles. The molecule has 0 aromatic rings. The molecule has 0 heterocycles. The van der Waals surface area contributed by atoms with Gasteiger partial charge >= 0.3 is 0 Å². The number of carbonyl (C=O) groups excluding carboxylic acids is 1. The maximum Gasteiger partial charge on any atom is 0.111 e. The first-order valence-electron chi connectivity index (χ1n) is 1.63. The lowest BCUT2D eigenvalue weighted by atomic mass is 10.1. The Labute approximate surface area is 27.8 Å². The van der Waals surface area contributed by atoms with Gasteiger partial charge in [0.2, 0.25) is 0 Å². The Bertz CT molecular complexity index is 30.8. The van der Waals surface area contributed by atoms with Crippen molar-refractivity contribution < 1.29 is 4.79 Å². The molecule has 0 saturated heterocycles. The van der Waals surface area contributed by atoms with Crippen LogP contribution < -0.4 is 0 Å². The Balaban J connectivity index is 2.40. The summed E-state index contributed by atoms with van der Waals surface area (Å²) in [5.41, 5.74) is 0. The normalized spacial score (nSPS) is 8.50. The van der Waals surface area contributed by atoms with Crippen molar-refractivity contribution >= 4 is 14.1 Å². The molecule has 0 saturated carbocycles. The average Bonchev–Trinajstić information content (AvgIpc) is 1.41. The van der Waals surface area contributed by atoms with Crippen molar-refractivity contribution in [2.45, 2.75) is 6.32 Å². The fraction of sp³-hybridized carbons (Fsp3) is 0.500.